The van der Waals surface area contributed by atoms with Gasteiger partial charge in [0.05, 0.1) is 12.8 Å². The van der Waals surface area contributed by atoms with Gasteiger partial charge in [0.2, 0.25) is 5.91 Å². The molecule has 0 aliphatic heterocycles. The summed E-state index contributed by atoms with van der Waals surface area (Å²) in [5.74, 6) is 0.835. The van der Waals surface area contributed by atoms with Gasteiger partial charge in [0.25, 0.3) is 5.91 Å². The number of aryl methyl sites for hydroxylation is 2. The van der Waals surface area contributed by atoms with Crippen molar-refractivity contribution < 1.29 is 19.1 Å². The molecule has 150 valence electrons. The van der Waals surface area contributed by atoms with E-state index >= 15 is 0 Å². The van der Waals surface area contributed by atoms with Gasteiger partial charge in [0, 0.05) is 18.2 Å². The summed E-state index contributed by atoms with van der Waals surface area (Å²) in [6.45, 7) is 5.89. The van der Waals surface area contributed by atoms with Crippen LogP contribution in [0.5, 0.6) is 11.5 Å². The summed E-state index contributed by atoms with van der Waals surface area (Å²) in [4.78, 5) is 24.1. The van der Waals surface area contributed by atoms with Crippen LogP contribution < -0.4 is 20.1 Å². The molecule has 0 aliphatic carbocycles. The molecule has 2 rings (SSSR count). The minimum Gasteiger partial charge on any atom is -0.494 e. The van der Waals surface area contributed by atoms with E-state index in [0.29, 0.717) is 29.3 Å². The van der Waals surface area contributed by atoms with E-state index in [9.17, 15) is 9.59 Å². The number of benzene rings is 2. The van der Waals surface area contributed by atoms with Gasteiger partial charge in [-0.2, -0.15) is 0 Å². The molecule has 2 aromatic rings. The number of carbonyl (C=O) groups excluding carboxylic acids is 2. The molecule has 0 radical (unpaired) electrons. The second-order valence-corrected chi connectivity index (χ2v) is 6.67. The lowest BCUT2D eigenvalue weighted by Gasteiger charge is -2.13. The Morgan fingerprint density at radius 3 is 2.43 bits per heavy atom. The highest BCUT2D eigenvalue weighted by molar-refractivity contribution is 5.95. The van der Waals surface area contributed by atoms with Gasteiger partial charge in [-0.05, 0) is 44.0 Å². The van der Waals surface area contributed by atoms with Gasteiger partial charge < -0.3 is 20.1 Å². The molecule has 6 heteroatoms. The van der Waals surface area contributed by atoms with Crippen LogP contribution in [-0.2, 0) is 9.59 Å². The smallest absolute Gasteiger partial charge is 0.262 e. The zero-order valence-corrected chi connectivity index (χ0v) is 16.9. The molecule has 0 saturated carbocycles. The second-order valence-electron chi connectivity index (χ2n) is 6.67. The lowest BCUT2D eigenvalue weighted by molar-refractivity contribution is -0.118. The Morgan fingerprint density at radius 2 is 1.75 bits per heavy atom. The van der Waals surface area contributed by atoms with Crippen molar-refractivity contribution >= 4 is 23.2 Å². The minimum absolute atomic E-state index is 0.0567. The topological polar surface area (TPSA) is 76.7 Å². The fourth-order valence-corrected chi connectivity index (χ4v) is 2.72. The molecule has 0 aliphatic rings. The highest BCUT2D eigenvalue weighted by Crippen LogP contribution is 2.28. The van der Waals surface area contributed by atoms with Crippen molar-refractivity contribution in [1.82, 2.24) is 0 Å². The average Bonchev–Trinajstić information content (AvgIpc) is 2.66. The molecule has 0 aromatic heterocycles. The number of rotatable bonds is 9. The minimum atomic E-state index is -0.276. The number of nitrogens with one attached hydrogen (secondary N) is 2. The molecule has 2 amide bonds. The molecule has 0 spiro atoms. The predicted molar refractivity (Wildman–Crippen MR) is 111 cm³/mol. The maximum atomic E-state index is 12.2. The first-order chi connectivity index (χ1) is 13.4. The van der Waals surface area contributed by atoms with E-state index in [1.807, 2.05) is 39.0 Å². The van der Waals surface area contributed by atoms with Crippen molar-refractivity contribution in [2.75, 3.05) is 24.4 Å². The molecular weight excluding hydrogens is 356 g/mol. The Hall–Kier alpha value is -3.02. The molecule has 0 heterocycles. The van der Waals surface area contributed by atoms with Crippen molar-refractivity contribution in [3.63, 3.8) is 0 Å². The highest BCUT2D eigenvalue weighted by atomic mass is 16.5. The van der Waals surface area contributed by atoms with Gasteiger partial charge in [-0.1, -0.05) is 31.0 Å². The zero-order chi connectivity index (χ0) is 20.5. The van der Waals surface area contributed by atoms with Crippen LogP contribution in [0.4, 0.5) is 11.4 Å². The highest BCUT2D eigenvalue weighted by Gasteiger charge is 2.11. The number of hydrogen-bond donors (Lipinski definition) is 2. The second kappa shape index (κ2) is 10.3. The zero-order valence-electron chi connectivity index (χ0n) is 16.9. The summed E-state index contributed by atoms with van der Waals surface area (Å²) in [7, 11) is 1.52. The van der Waals surface area contributed by atoms with Crippen LogP contribution in [0.25, 0.3) is 0 Å². The summed E-state index contributed by atoms with van der Waals surface area (Å²) in [6.07, 6.45) is 2.26. The van der Waals surface area contributed by atoms with Crippen LogP contribution in [0.15, 0.2) is 36.4 Å². The van der Waals surface area contributed by atoms with E-state index in [2.05, 4.69) is 10.6 Å². The van der Waals surface area contributed by atoms with Crippen LogP contribution in [0.2, 0.25) is 0 Å². The third-order valence-corrected chi connectivity index (χ3v) is 4.21. The molecule has 0 atom stereocenters. The van der Waals surface area contributed by atoms with Crippen molar-refractivity contribution in [3.8, 4) is 11.5 Å². The monoisotopic (exact) mass is 384 g/mol. The molecule has 2 N–H and O–H groups in total. The number of unbranched alkanes of at least 4 members (excludes halogenated alkanes) is 1. The maximum Gasteiger partial charge on any atom is 0.262 e. The lowest BCUT2D eigenvalue weighted by atomic mass is 10.1. The Bertz CT molecular complexity index is 833. The lowest BCUT2D eigenvalue weighted by Crippen LogP contribution is -2.20. The van der Waals surface area contributed by atoms with E-state index in [1.54, 1.807) is 18.2 Å². The first-order valence-electron chi connectivity index (χ1n) is 9.40. The molecule has 28 heavy (non-hydrogen) atoms. The van der Waals surface area contributed by atoms with Gasteiger partial charge >= 0.3 is 0 Å². The van der Waals surface area contributed by atoms with Gasteiger partial charge in [-0.3, -0.25) is 9.59 Å². The number of hydrogen-bond acceptors (Lipinski definition) is 4. The van der Waals surface area contributed by atoms with Gasteiger partial charge in [-0.25, -0.2) is 0 Å². The van der Waals surface area contributed by atoms with E-state index in [-0.39, 0.29) is 18.4 Å². The SMILES string of the molecule is CCCCC(=O)Nc1ccc(NC(=O)COc2ccc(C)cc2C)cc1OC. The number of carbonyl (C=O) groups is 2. The molecular formula is C22H28N2O4. The predicted octanol–water partition coefficient (Wildman–Crippen LogP) is 4.46. The number of ether oxygens (including phenoxy) is 2. The third kappa shape index (κ3) is 6.30. The van der Waals surface area contributed by atoms with Crippen LogP contribution in [-0.4, -0.2) is 25.5 Å². The van der Waals surface area contributed by atoms with E-state index in [0.717, 1.165) is 24.0 Å². The van der Waals surface area contributed by atoms with Crippen molar-refractivity contribution in [2.45, 2.75) is 40.0 Å². The van der Waals surface area contributed by atoms with Crippen molar-refractivity contribution in [1.29, 1.82) is 0 Å². The van der Waals surface area contributed by atoms with E-state index in [1.165, 1.54) is 7.11 Å². The van der Waals surface area contributed by atoms with Gasteiger partial charge in [-0.15, -0.1) is 0 Å². The van der Waals surface area contributed by atoms with Crippen LogP contribution >= 0.6 is 0 Å². The van der Waals surface area contributed by atoms with Crippen LogP contribution in [0.3, 0.4) is 0 Å². The number of methoxy groups -OCH3 is 1. The molecule has 0 saturated heterocycles. The van der Waals surface area contributed by atoms with Crippen LogP contribution in [0, 0.1) is 13.8 Å². The normalized spacial score (nSPS) is 10.3. The average molecular weight is 384 g/mol. The van der Waals surface area contributed by atoms with Crippen LogP contribution in [0.1, 0.15) is 37.3 Å². The first kappa shape index (κ1) is 21.3. The maximum absolute atomic E-state index is 12.2. The largest absolute Gasteiger partial charge is 0.494 e. The molecule has 6 nitrogen and oxygen atoms in total. The standard InChI is InChI=1S/C22H28N2O4/c1-5-6-7-21(25)24-18-10-9-17(13-20(18)27-4)23-22(26)14-28-19-11-8-15(2)12-16(19)3/h8-13H,5-7,14H2,1-4H3,(H,23,26)(H,24,25). The quantitative estimate of drug-likeness (QED) is 0.669. The van der Waals surface area contributed by atoms with Crippen molar-refractivity contribution in [3.05, 3.63) is 47.5 Å². The Morgan fingerprint density at radius 1 is 0.964 bits per heavy atom. The number of amides is 2. The summed E-state index contributed by atoms with van der Waals surface area (Å²) in [5.41, 5.74) is 3.27. The summed E-state index contributed by atoms with van der Waals surface area (Å²) in [6, 6.07) is 10.9. The number of anilines is 2. The van der Waals surface area contributed by atoms with Gasteiger partial charge in [0.15, 0.2) is 6.61 Å². The Kier molecular flexibility index (Phi) is 7.87. The third-order valence-electron chi connectivity index (χ3n) is 4.21. The summed E-state index contributed by atoms with van der Waals surface area (Å²) in [5, 5.41) is 5.61. The molecule has 0 bridgehead atoms. The molecule has 0 unspecified atom stereocenters. The fraction of sp³-hybridized carbons (Fsp3) is 0.364. The summed E-state index contributed by atoms with van der Waals surface area (Å²) < 4.78 is 10.9. The Balaban J connectivity index is 1.95. The first-order valence-corrected chi connectivity index (χ1v) is 9.40. The van der Waals surface area contributed by atoms with Crippen molar-refractivity contribution in [2.24, 2.45) is 0 Å². The summed E-state index contributed by atoms with van der Waals surface area (Å²) >= 11 is 0. The fourth-order valence-electron chi connectivity index (χ4n) is 2.72. The molecule has 2 aromatic carbocycles. The van der Waals surface area contributed by atoms with E-state index < -0.39 is 0 Å². The molecule has 0 fully saturated rings. The Labute approximate surface area is 166 Å². The van der Waals surface area contributed by atoms with Gasteiger partial charge in [0.1, 0.15) is 11.5 Å². The van der Waals surface area contributed by atoms with E-state index in [4.69, 9.17) is 9.47 Å².